The summed E-state index contributed by atoms with van der Waals surface area (Å²) in [4.78, 5) is 24.9. The number of amidine groups is 1. The van der Waals surface area contributed by atoms with Crippen LogP contribution in [0.5, 0.6) is 5.88 Å². The molecule has 2 atom stereocenters. The van der Waals surface area contributed by atoms with Gasteiger partial charge in [-0.1, -0.05) is 18.7 Å². The van der Waals surface area contributed by atoms with Crippen LogP contribution in [0.2, 0.25) is 0 Å². The van der Waals surface area contributed by atoms with Crippen molar-refractivity contribution in [2.24, 2.45) is 10.7 Å². The van der Waals surface area contributed by atoms with Crippen molar-refractivity contribution in [3.63, 3.8) is 0 Å². The van der Waals surface area contributed by atoms with Crippen LogP contribution in [0.25, 0.3) is 0 Å². The van der Waals surface area contributed by atoms with Crippen molar-refractivity contribution in [3.8, 4) is 5.88 Å². The first-order chi connectivity index (χ1) is 14.9. The number of amides is 1. The molecule has 2 unspecified atom stereocenters. The number of fused-ring (bicyclic) bond motifs is 1. The van der Waals surface area contributed by atoms with Gasteiger partial charge in [0, 0.05) is 17.0 Å². The number of carbonyl (C=O) groups is 1. The molecule has 172 valence electrons. The largest absolute Gasteiger partial charge is 0.477 e. The monoisotopic (exact) mass is 485 g/mol. The Morgan fingerprint density at radius 2 is 2.16 bits per heavy atom. The van der Waals surface area contributed by atoms with Crippen LogP contribution < -0.4 is 15.8 Å². The van der Waals surface area contributed by atoms with Gasteiger partial charge in [0.25, 0.3) is 5.91 Å². The number of nitrogens with two attached hydrogens (primary N) is 1. The van der Waals surface area contributed by atoms with Crippen LogP contribution in [0.4, 0.5) is 14.5 Å². The molecule has 32 heavy (non-hydrogen) atoms. The number of aliphatic imine (C=N–C) groups is 1. The number of anilines is 1. The summed E-state index contributed by atoms with van der Waals surface area (Å²) in [7, 11) is 0. The molecule has 12 heteroatoms. The molecule has 1 aromatic heterocycles. The van der Waals surface area contributed by atoms with Crippen molar-refractivity contribution in [2.75, 3.05) is 30.9 Å². The second kappa shape index (κ2) is 9.55. The number of benzene rings is 1. The van der Waals surface area contributed by atoms with E-state index in [-0.39, 0.29) is 53.5 Å². The fourth-order valence-electron chi connectivity index (χ4n) is 3.52. The third-order valence-electron chi connectivity index (χ3n) is 5.12. The van der Waals surface area contributed by atoms with Gasteiger partial charge in [0.1, 0.15) is 11.5 Å². The van der Waals surface area contributed by atoms with Crippen LogP contribution >= 0.6 is 24.2 Å². The van der Waals surface area contributed by atoms with Crippen molar-refractivity contribution in [1.29, 1.82) is 0 Å². The maximum atomic E-state index is 15.6. The Labute approximate surface area is 193 Å². The predicted octanol–water partition coefficient (Wildman–Crippen LogP) is 3.07. The second-order valence-electron chi connectivity index (χ2n) is 7.29. The number of ether oxygens (including phenoxy) is 2. The number of nitrogens with one attached hydrogen (secondary N) is 1. The highest BCUT2D eigenvalue weighted by Gasteiger charge is 2.61. The lowest BCUT2D eigenvalue weighted by atomic mass is 9.79. The first-order valence-corrected chi connectivity index (χ1v) is 10.7. The van der Waals surface area contributed by atoms with Crippen LogP contribution in [0.1, 0.15) is 29.4 Å². The molecule has 0 saturated carbocycles. The molecule has 3 N–H and O–H groups in total. The molecule has 1 saturated heterocycles. The zero-order valence-corrected chi connectivity index (χ0v) is 18.8. The van der Waals surface area contributed by atoms with Crippen molar-refractivity contribution < 1.29 is 23.0 Å². The van der Waals surface area contributed by atoms with Crippen LogP contribution in [0.15, 0.2) is 35.6 Å². The quantitative estimate of drug-likeness (QED) is 0.646. The SMILES string of the molecule is CCCOc1cnc(C(=O)Nc2ccc(F)c(C34COCC3(F)CSC(N)=N4)c2)cn1.Cl. The number of hydrogen-bond acceptors (Lipinski definition) is 8. The molecule has 1 fully saturated rings. The molecule has 0 radical (unpaired) electrons. The number of thioether (sulfide) groups is 1. The molecule has 4 rings (SSSR count). The van der Waals surface area contributed by atoms with E-state index in [1.807, 2.05) is 6.92 Å². The number of hydrogen-bond donors (Lipinski definition) is 2. The number of rotatable bonds is 6. The second-order valence-corrected chi connectivity index (χ2v) is 8.29. The maximum absolute atomic E-state index is 15.6. The molecule has 0 aliphatic carbocycles. The number of nitrogens with zero attached hydrogens (tertiary/aromatic N) is 3. The highest BCUT2D eigenvalue weighted by atomic mass is 35.5. The Hall–Kier alpha value is -2.50. The smallest absolute Gasteiger partial charge is 0.275 e. The number of carbonyl (C=O) groups excluding carboxylic acids is 1. The standard InChI is InChI=1S/C20H21F2N5O3S.ClH/c1-2-5-30-16-8-24-15(7-25-16)17(28)26-12-3-4-14(21)13(6-12)20-10-29-9-19(20,22)11-31-18(23)27-20;/h3-4,6-8H,2,5,9-11H2,1H3,(H2,23,27)(H,26,28);1H. The molecule has 0 spiro atoms. The van der Waals surface area contributed by atoms with E-state index in [9.17, 15) is 9.18 Å². The molecule has 8 nitrogen and oxygen atoms in total. The van der Waals surface area contributed by atoms with E-state index in [0.717, 1.165) is 24.2 Å². The van der Waals surface area contributed by atoms with Gasteiger partial charge in [-0.05, 0) is 24.6 Å². The van der Waals surface area contributed by atoms with E-state index in [4.69, 9.17) is 15.2 Å². The molecule has 2 aliphatic rings. The van der Waals surface area contributed by atoms with Crippen molar-refractivity contribution in [3.05, 3.63) is 47.7 Å². The minimum absolute atomic E-state index is 0. The van der Waals surface area contributed by atoms with Crippen LogP contribution in [0.3, 0.4) is 0 Å². The van der Waals surface area contributed by atoms with E-state index in [0.29, 0.717) is 12.5 Å². The lowest BCUT2D eigenvalue weighted by molar-refractivity contribution is 0.102. The third-order valence-corrected chi connectivity index (χ3v) is 6.11. The Bertz CT molecular complexity index is 1030. The van der Waals surface area contributed by atoms with Gasteiger partial charge in [0.2, 0.25) is 5.88 Å². The van der Waals surface area contributed by atoms with Gasteiger partial charge in [-0.15, -0.1) is 12.4 Å². The van der Waals surface area contributed by atoms with Gasteiger partial charge < -0.3 is 20.5 Å². The van der Waals surface area contributed by atoms with Gasteiger partial charge in [0.15, 0.2) is 16.4 Å². The van der Waals surface area contributed by atoms with E-state index in [1.165, 1.54) is 24.5 Å². The zero-order valence-electron chi connectivity index (χ0n) is 17.1. The summed E-state index contributed by atoms with van der Waals surface area (Å²) < 4.78 is 41.1. The summed E-state index contributed by atoms with van der Waals surface area (Å²) in [5.74, 6) is -0.902. The number of halogens is 3. The average Bonchev–Trinajstić information content (AvgIpc) is 3.11. The number of alkyl halides is 1. The van der Waals surface area contributed by atoms with Gasteiger partial charge in [-0.3, -0.25) is 4.79 Å². The Kier molecular flexibility index (Phi) is 7.21. The summed E-state index contributed by atoms with van der Waals surface area (Å²) in [5, 5.41) is 2.79. The molecule has 2 aromatic rings. The lowest BCUT2D eigenvalue weighted by Gasteiger charge is -2.38. The molecule has 2 aliphatic heterocycles. The van der Waals surface area contributed by atoms with E-state index in [2.05, 4.69) is 20.3 Å². The van der Waals surface area contributed by atoms with E-state index >= 15 is 4.39 Å². The zero-order chi connectivity index (χ0) is 22.1. The Balaban J connectivity index is 0.00000289. The van der Waals surface area contributed by atoms with Crippen LogP contribution in [0, 0.1) is 5.82 Å². The van der Waals surface area contributed by atoms with Gasteiger partial charge in [-0.25, -0.2) is 23.7 Å². The molecule has 1 amide bonds. The van der Waals surface area contributed by atoms with E-state index in [1.54, 1.807) is 0 Å². The van der Waals surface area contributed by atoms with Crippen LogP contribution in [-0.4, -0.2) is 52.3 Å². The highest BCUT2D eigenvalue weighted by molar-refractivity contribution is 8.13. The molecule has 1 aromatic carbocycles. The highest BCUT2D eigenvalue weighted by Crippen LogP contribution is 2.50. The van der Waals surface area contributed by atoms with Gasteiger partial charge in [-0.2, -0.15) is 0 Å². The maximum Gasteiger partial charge on any atom is 0.275 e. The van der Waals surface area contributed by atoms with Crippen molar-refractivity contribution >= 4 is 40.9 Å². The normalized spacial score (nSPS) is 24.2. The molecular weight excluding hydrogens is 464 g/mol. The lowest BCUT2D eigenvalue weighted by Crippen LogP contribution is -2.52. The Morgan fingerprint density at radius 1 is 1.34 bits per heavy atom. The van der Waals surface area contributed by atoms with E-state index < -0.39 is 22.9 Å². The predicted molar refractivity (Wildman–Crippen MR) is 120 cm³/mol. The summed E-state index contributed by atoms with van der Waals surface area (Å²) in [6, 6.07) is 3.88. The third kappa shape index (κ3) is 4.37. The fourth-order valence-corrected chi connectivity index (χ4v) is 4.44. The average molecular weight is 486 g/mol. The van der Waals surface area contributed by atoms with Crippen molar-refractivity contribution in [1.82, 2.24) is 9.97 Å². The van der Waals surface area contributed by atoms with Crippen LogP contribution in [-0.2, 0) is 10.3 Å². The summed E-state index contributed by atoms with van der Waals surface area (Å²) >= 11 is 1.07. The minimum Gasteiger partial charge on any atom is -0.477 e. The molecular formula is C20H22ClF2N5O3S. The Morgan fingerprint density at radius 3 is 2.88 bits per heavy atom. The minimum atomic E-state index is -1.91. The summed E-state index contributed by atoms with van der Waals surface area (Å²) in [6.07, 6.45) is 3.45. The first kappa shape index (κ1) is 24.1. The molecule has 0 bridgehead atoms. The van der Waals surface area contributed by atoms with Crippen molar-refractivity contribution in [2.45, 2.75) is 24.6 Å². The summed E-state index contributed by atoms with van der Waals surface area (Å²) in [6.45, 7) is 2.09. The number of aromatic nitrogens is 2. The molecule has 3 heterocycles. The van der Waals surface area contributed by atoms with Gasteiger partial charge in [0.05, 0.1) is 32.2 Å². The topological polar surface area (TPSA) is 112 Å². The fraction of sp³-hybridized carbons (Fsp3) is 0.400. The van der Waals surface area contributed by atoms with Gasteiger partial charge >= 0.3 is 0 Å². The first-order valence-electron chi connectivity index (χ1n) is 9.68. The summed E-state index contributed by atoms with van der Waals surface area (Å²) in [5.41, 5.74) is 2.59.